The molecule has 2 aromatic rings. The first-order valence-corrected chi connectivity index (χ1v) is 9.40. The highest BCUT2D eigenvalue weighted by Gasteiger charge is 2.20. The maximum Gasteiger partial charge on any atom is 0.191 e. The molecule has 0 aliphatic carbocycles. The van der Waals surface area contributed by atoms with Crippen LogP contribution in [0.2, 0.25) is 0 Å². The lowest BCUT2D eigenvalue weighted by Gasteiger charge is -2.27. The van der Waals surface area contributed by atoms with Gasteiger partial charge in [0.2, 0.25) is 0 Å². The quantitative estimate of drug-likeness (QED) is 0.343. The van der Waals surface area contributed by atoms with Crippen molar-refractivity contribution in [3.63, 3.8) is 0 Å². The number of rotatable bonds is 8. The standard InChI is InChI=1S/C20H32N6.HI/c1-6-16-8-10-17(11-9-16)20(3,4)14-23-19(21-5)22-12-13-26-15-24-25-18(26)7-2;/h8-11,15H,6-7,12-14H2,1-5H3,(H2,21,22,23);1H. The average molecular weight is 484 g/mol. The zero-order chi connectivity index (χ0) is 19.0. The van der Waals surface area contributed by atoms with Crippen LogP contribution in [0, 0.1) is 0 Å². The number of nitrogens with one attached hydrogen (secondary N) is 2. The van der Waals surface area contributed by atoms with Crippen LogP contribution in [-0.4, -0.2) is 40.9 Å². The highest BCUT2D eigenvalue weighted by molar-refractivity contribution is 14.0. The zero-order valence-corrected chi connectivity index (χ0v) is 19.4. The molecule has 2 N–H and O–H groups in total. The van der Waals surface area contributed by atoms with Gasteiger partial charge in [-0.1, -0.05) is 52.0 Å². The third-order valence-corrected chi connectivity index (χ3v) is 4.72. The number of aromatic nitrogens is 3. The van der Waals surface area contributed by atoms with Crippen molar-refractivity contribution < 1.29 is 0 Å². The lowest BCUT2D eigenvalue weighted by atomic mass is 9.84. The Hall–Kier alpha value is -1.64. The highest BCUT2D eigenvalue weighted by Crippen LogP contribution is 2.22. The van der Waals surface area contributed by atoms with Gasteiger partial charge in [-0.3, -0.25) is 4.99 Å². The van der Waals surface area contributed by atoms with Gasteiger partial charge in [-0.15, -0.1) is 34.2 Å². The number of guanidine groups is 1. The first kappa shape index (κ1) is 23.4. The Morgan fingerprint density at radius 3 is 2.41 bits per heavy atom. The third kappa shape index (κ3) is 6.79. The average Bonchev–Trinajstić information content (AvgIpc) is 3.12. The number of hydrogen-bond acceptors (Lipinski definition) is 3. The van der Waals surface area contributed by atoms with Crippen LogP contribution in [-0.2, 0) is 24.8 Å². The van der Waals surface area contributed by atoms with Crippen molar-refractivity contribution in [1.29, 1.82) is 0 Å². The van der Waals surface area contributed by atoms with Crippen LogP contribution >= 0.6 is 24.0 Å². The molecule has 0 radical (unpaired) electrons. The van der Waals surface area contributed by atoms with Crippen molar-refractivity contribution in [3.8, 4) is 0 Å². The molecule has 0 aliphatic rings. The molecule has 0 fully saturated rings. The SMILES string of the molecule is CCc1ccc(C(C)(C)CNC(=NC)NCCn2cnnc2CC)cc1.I. The number of halogens is 1. The van der Waals surface area contributed by atoms with Crippen molar-refractivity contribution in [2.45, 2.75) is 52.5 Å². The Bertz CT molecular complexity index is 706. The lowest BCUT2D eigenvalue weighted by molar-refractivity contribution is 0.507. The number of aliphatic imine (C=N–C) groups is 1. The molecule has 1 aromatic heterocycles. The predicted molar refractivity (Wildman–Crippen MR) is 123 cm³/mol. The van der Waals surface area contributed by atoms with E-state index in [-0.39, 0.29) is 29.4 Å². The second-order valence-electron chi connectivity index (χ2n) is 7.08. The van der Waals surface area contributed by atoms with Gasteiger partial charge in [0.15, 0.2) is 5.96 Å². The van der Waals surface area contributed by atoms with E-state index in [0.29, 0.717) is 0 Å². The van der Waals surface area contributed by atoms with E-state index < -0.39 is 0 Å². The van der Waals surface area contributed by atoms with Crippen LogP contribution in [0.5, 0.6) is 0 Å². The van der Waals surface area contributed by atoms with E-state index in [4.69, 9.17) is 0 Å². The fourth-order valence-corrected chi connectivity index (χ4v) is 2.85. The Balaban J connectivity index is 0.00000364. The summed E-state index contributed by atoms with van der Waals surface area (Å²) >= 11 is 0. The van der Waals surface area contributed by atoms with Crippen molar-refractivity contribution >= 4 is 29.9 Å². The number of nitrogens with zero attached hydrogens (tertiary/aromatic N) is 4. The van der Waals surface area contributed by atoms with Gasteiger partial charge in [0.1, 0.15) is 12.2 Å². The maximum atomic E-state index is 4.33. The second kappa shape index (κ2) is 11.3. The molecule has 27 heavy (non-hydrogen) atoms. The summed E-state index contributed by atoms with van der Waals surface area (Å²) in [5.74, 6) is 1.82. The molecule has 150 valence electrons. The summed E-state index contributed by atoms with van der Waals surface area (Å²) < 4.78 is 2.07. The molecule has 0 spiro atoms. The highest BCUT2D eigenvalue weighted by atomic mass is 127. The van der Waals surface area contributed by atoms with Crippen molar-refractivity contribution in [2.75, 3.05) is 20.1 Å². The lowest BCUT2D eigenvalue weighted by Crippen LogP contribution is -2.44. The fourth-order valence-electron chi connectivity index (χ4n) is 2.85. The Labute approximate surface area is 180 Å². The number of hydrogen-bond donors (Lipinski definition) is 2. The molecule has 0 aliphatic heterocycles. The monoisotopic (exact) mass is 484 g/mol. The molecule has 1 aromatic carbocycles. The van der Waals surface area contributed by atoms with Crippen LogP contribution in [0.1, 0.15) is 44.6 Å². The predicted octanol–water partition coefficient (Wildman–Crippen LogP) is 3.16. The van der Waals surface area contributed by atoms with Gasteiger partial charge in [-0.2, -0.15) is 0 Å². The molecular weight excluding hydrogens is 451 g/mol. The minimum Gasteiger partial charge on any atom is -0.356 e. The van der Waals surface area contributed by atoms with E-state index in [1.165, 1.54) is 11.1 Å². The maximum absolute atomic E-state index is 4.33. The van der Waals surface area contributed by atoms with E-state index in [1.54, 1.807) is 13.4 Å². The van der Waals surface area contributed by atoms with Crippen LogP contribution in [0.3, 0.4) is 0 Å². The molecule has 0 atom stereocenters. The van der Waals surface area contributed by atoms with Gasteiger partial charge >= 0.3 is 0 Å². The zero-order valence-electron chi connectivity index (χ0n) is 17.1. The molecule has 1 heterocycles. The van der Waals surface area contributed by atoms with Gasteiger partial charge in [-0.25, -0.2) is 0 Å². The summed E-state index contributed by atoms with van der Waals surface area (Å²) in [5.41, 5.74) is 2.72. The van der Waals surface area contributed by atoms with Gasteiger partial charge in [0, 0.05) is 38.5 Å². The molecule has 0 amide bonds. The van der Waals surface area contributed by atoms with Crippen molar-refractivity contribution in [1.82, 2.24) is 25.4 Å². The minimum atomic E-state index is 0. The van der Waals surface area contributed by atoms with Crippen LogP contribution < -0.4 is 10.6 Å². The summed E-state index contributed by atoms with van der Waals surface area (Å²) in [6.45, 7) is 11.2. The topological polar surface area (TPSA) is 67.1 Å². The summed E-state index contributed by atoms with van der Waals surface area (Å²) in [6, 6.07) is 8.90. The third-order valence-electron chi connectivity index (χ3n) is 4.72. The number of aryl methyl sites for hydroxylation is 2. The molecular formula is C20H33IN6. The molecule has 2 rings (SSSR count). The molecule has 6 nitrogen and oxygen atoms in total. The second-order valence-corrected chi connectivity index (χ2v) is 7.08. The summed E-state index contributed by atoms with van der Waals surface area (Å²) in [6.07, 6.45) is 3.74. The molecule has 0 unspecified atom stereocenters. The molecule has 0 saturated carbocycles. The Morgan fingerprint density at radius 2 is 1.81 bits per heavy atom. The van der Waals surface area contributed by atoms with E-state index in [0.717, 1.165) is 44.3 Å². The summed E-state index contributed by atoms with van der Waals surface area (Å²) in [5, 5.41) is 14.9. The van der Waals surface area contributed by atoms with Gasteiger partial charge < -0.3 is 15.2 Å². The smallest absolute Gasteiger partial charge is 0.191 e. The fraction of sp³-hybridized carbons (Fsp3) is 0.550. The van der Waals surface area contributed by atoms with Gasteiger partial charge in [0.25, 0.3) is 0 Å². The first-order chi connectivity index (χ1) is 12.5. The van der Waals surface area contributed by atoms with Crippen molar-refractivity contribution in [3.05, 3.63) is 47.5 Å². The molecule has 0 saturated heterocycles. The molecule has 0 bridgehead atoms. The normalized spacial score (nSPS) is 11.8. The first-order valence-electron chi connectivity index (χ1n) is 9.40. The number of benzene rings is 1. The van der Waals surface area contributed by atoms with Crippen molar-refractivity contribution in [2.24, 2.45) is 4.99 Å². The Kier molecular flexibility index (Phi) is 9.76. The van der Waals surface area contributed by atoms with Crippen LogP contribution in [0.25, 0.3) is 0 Å². The molecule has 7 heteroatoms. The van der Waals surface area contributed by atoms with E-state index in [9.17, 15) is 0 Å². The van der Waals surface area contributed by atoms with Crippen LogP contribution in [0.15, 0.2) is 35.6 Å². The van der Waals surface area contributed by atoms with Crippen LogP contribution in [0.4, 0.5) is 0 Å². The van der Waals surface area contributed by atoms with E-state index >= 15 is 0 Å². The van der Waals surface area contributed by atoms with E-state index in [1.807, 2.05) is 0 Å². The van der Waals surface area contributed by atoms with E-state index in [2.05, 4.69) is 82.4 Å². The summed E-state index contributed by atoms with van der Waals surface area (Å²) in [4.78, 5) is 4.33. The Morgan fingerprint density at radius 1 is 1.11 bits per heavy atom. The largest absolute Gasteiger partial charge is 0.356 e. The minimum absolute atomic E-state index is 0. The van der Waals surface area contributed by atoms with Gasteiger partial charge in [-0.05, 0) is 17.5 Å². The van der Waals surface area contributed by atoms with Gasteiger partial charge in [0.05, 0.1) is 0 Å². The summed E-state index contributed by atoms with van der Waals surface area (Å²) in [7, 11) is 1.80.